The monoisotopic (exact) mass is 493 g/mol. The lowest BCUT2D eigenvalue weighted by Gasteiger charge is -2.12. The van der Waals surface area contributed by atoms with Gasteiger partial charge < -0.3 is 18.9 Å². The molecule has 0 spiro atoms. The van der Waals surface area contributed by atoms with Crippen molar-refractivity contribution in [3.05, 3.63) is 87.2 Å². The molecular formula is C27H24ClNO4S. The third-order valence-electron chi connectivity index (χ3n) is 5.15. The first kappa shape index (κ1) is 23.7. The second kappa shape index (κ2) is 11.1. The van der Waals surface area contributed by atoms with Crippen molar-refractivity contribution in [3.63, 3.8) is 0 Å². The van der Waals surface area contributed by atoms with E-state index in [-0.39, 0.29) is 0 Å². The van der Waals surface area contributed by atoms with Gasteiger partial charge in [0.25, 0.3) is 0 Å². The fourth-order valence-electron chi connectivity index (χ4n) is 3.34. The summed E-state index contributed by atoms with van der Waals surface area (Å²) in [7, 11) is 4.87. The van der Waals surface area contributed by atoms with Gasteiger partial charge in [0.1, 0.15) is 11.6 Å². The SMILES string of the molecule is COc1ccc(-c2csc(/C=C/c3ccc(OCc4ccccc4Cl)c(OC)c3)n2)cc1OC. The Bertz CT molecular complexity index is 1300. The number of benzene rings is 3. The van der Waals surface area contributed by atoms with E-state index in [0.29, 0.717) is 34.6 Å². The molecule has 7 heteroatoms. The normalized spacial score (nSPS) is 10.9. The maximum Gasteiger partial charge on any atom is 0.161 e. The van der Waals surface area contributed by atoms with Gasteiger partial charge in [-0.05, 0) is 48.0 Å². The van der Waals surface area contributed by atoms with Gasteiger partial charge in [-0.15, -0.1) is 11.3 Å². The van der Waals surface area contributed by atoms with Crippen LogP contribution in [0, 0.1) is 0 Å². The van der Waals surface area contributed by atoms with Gasteiger partial charge in [0.2, 0.25) is 0 Å². The second-order valence-electron chi connectivity index (χ2n) is 7.26. The number of nitrogens with zero attached hydrogens (tertiary/aromatic N) is 1. The molecule has 174 valence electrons. The Balaban J connectivity index is 1.47. The van der Waals surface area contributed by atoms with E-state index in [1.165, 1.54) is 0 Å². The number of hydrogen-bond donors (Lipinski definition) is 0. The Morgan fingerprint density at radius 3 is 2.32 bits per heavy atom. The Morgan fingerprint density at radius 1 is 0.824 bits per heavy atom. The number of hydrogen-bond acceptors (Lipinski definition) is 6. The van der Waals surface area contributed by atoms with Crippen LogP contribution in [0.15, 0.2) is 66.0 Å². The fourth-order valence-corrected chi connectivity index (χ4v) is 4.25. The van der Waals surface area contributed by atoms with E-state index in [0.717, 1.165) is 27.4 Å². The number of aromatic nitrogens is 1. The van der Waals surface area contributed by atoms with Crippen LogP contribution in [0.5, 0.6) is 23.0 Å². The molecule has 0 fully saturated rings. The van der Waals surface area contributed by atoms with Gasteiger partial charge in [-0.3, -0.25) is 0 Å². The summed E-state index contributed by atoms with van der Waals surface area (Å²) in [4.78, 5) is 4.72. The van der Waals surface area contributed by atoms with Crippen molar-refractivity contribution in [2.75, 3.05) is 21.3 Å². The van der Waals surface area contributed by atoms with E-state index in [9.17, 15) is 0 Å². The molecular weight excluding hydrogens is 470 g/mol. The molecule has 0 N–H and O–H groups in total. The minimum atomic E-state index is 0.364. The zero-order valence-corrected chi connectivity index (χ0v) is 20.7. The van der Waals surface area contributed by atoms with Gasteiger partial charge in [0.05, 0.1) is 27.0 Å². The maximum atomic E-state index is 6.22. The van der Waals surface area contributed by atoms with Crippen LogP contribution < -0.4 is 18.9 Å². The van der Waals surface area contributed by atoms with E-state index in [2.05, 4.69) is 0 Å². The topological polar surface area (TPSA) is 49.8 Å². The van der Waals surface area contributed by atoms with Crippen LogP contribution in [0.2, 0.25) is 5.02 Å². The zero-order valence-electron chi connectivity index (χ0n) is 19.1. The number of ether oxygens (including phenoxy) is 4. The summed E-state index contributed by atoms with van der Waals surface area (Å²) in [5.74, 6) is 2.67. The highest BCUT2D eigenvalue weighted by atomic mass is 35.5. The molecule has 0 unspecified atom stereocenters. The van der Waals surface area contributed by atoms with Crippen molar-refractivity contribution in [3.8, 4) is 34.3 Å². The quantitative estimate of drug-likeness (QED) is 0.246. The summed E-state index contributed by atoms with van der Waals surface area (Å²) in [6.07, 6.45) is 3.98. The predicted octanol–water partition coefficient (Wildman–Crippen LogP) is 7.24. The molecule has 34 heavy (non-hydrogen) atoms. The van der Waals surface area contributed by atoms with Crippen LogP contribution in [0.25, 0.3) is 23.4 Å². The summed E-state index contributed by atoms with van der Waals surface area (Å²) < 4.78 is 22.2. The highest BCUT2D eigenvalue weighted by molar-refractivity contribution is 7.10. The van der Waals surface area contributed by atoms with Crippen LogP contribution in [0.3, 0.4) is 0 Å². The van der Waals surface area contributed by atoms with Gasteiger partial charge in [-0.2, -0.15) is 0 Å². The molecule has 0 aliphatic rings. The van der Waals surface area contributed by atoms with E-state index in [1.807, 2.05) is 78.2 Å². The molecule has 0 atom stereocenters. The number of halogens is 1. The van der Waals surface area contributed by atoms with Crippen molar-refractivity contribution in [2.45, 2.75) is 6.61 Å². The van der Waals surface area contributed by atoms with Crippen molar-refractivity contribution in [1.82, 2.24) is 4.98 Å². The molecule has 1 aromatic heterocycles. The first-order chi connectivity index (χ1) is 16.6. The molecule has 4 aromatic rings. The lowest BCUT2D eigenvalue weighted by molar-refractivity contribution is 0.284. The molecule has 0 amide bonds. The molecule has 5 nitrogen and oxygen atoms in total. The van der Waals surface area contributed by atoms with Gasteiger partial charge >= 0.3 is 0 Å². The molecule has 0 bridgehead atoms. The Kier molecular flexibility index (Phi) is 7.72. The van der Waals surface area contributed by atoms with Gasteiger partial charge in [0, 0.05) is 21.5 Å². The third-order valence-corrected chi connectivity index (χ3v) is 6.33. The summed E-state index contributed by atoms with van der Waals surface area (Å²) in [6.45, 7) is 0.364. The lowest BCUT2D eigenvalue weighted by Crippen LogP contribution is -1.98. The van der Waals surface area contributed by atoms with E-state index in [1.54, 1.807) is 32.7 Å². The molecule has 1 heterocycles. The summed E-state index contributed by atoms with van der Waals surface area (Å²) >= 11 is 7.79. The maximum absolute atomic E-state index is 6.22. The zero-order chi connectivity index (χ0) is 23.9. The number of methoxy groups -OCH3 is 3. The smallest absolute Gasteiger partial charge is 0.161 e. The largest absolute Gasteiger partial charge is 0.493 e. The number of thiazole rings is 1. The molecule has 0 saturated carbocycles. The van der Waals surface area contributed by atoms with Gasteiger partial charge in [-0.1, -0.05) is 41.9 Å². The summed E-state index contributed by atoms with van der Waals surface area (Å²) in [5.41, 5.74) is 3.75. The minimum absolute atomic E-state index is 0.364. The predicted molar refractivity (Wildman–Crippen MR) is 138 cm³/mol. The first-order valence-electron chi connectivity index (χ1n) is 10.5. The Hall–Kier alpha value is -3.48. The summed E-state index contributed by atoms with van der Waals surface area (Å²) in [6, 6.07) is 19.2. The standard InChI is InChI=1S/C27H24ClNO4S/c1-30-23-12-10-19(15-26(23)32-3)22-17-34-27(29-22)13-9-18-8-11-24(25(14-18)31-2)33-16-20-6-4-5-7-21(20)28/h4-15,17H,16H2,1-3H3/b13-9+. The van der Waals surface area contributed by atoms with Crippen molar-refractivity contribution < 1.29 is 18.9 Å². The van der Waals surface area contributed by atoms with Crippen LogP contribution in [-0.4, -0.2) is 26.3 Å². The molecule has 0 saturated heterocycles. The van der Waals surface area contributed by atoms with Crippen molar-refractivity contribution in [1.29, 1.82) is 0 Å². The van der Waals surface area contributed by atoms with Crippen molar-refractivity contribution >= 4 is 35.1 Å². The molecule has 0 aliphatic carbocycles. The third kappa shape index (κ3) is 5.53. The summed E-state index contributed by atoms with van der Waals surface area (Å²) in [5, 5.41) is 3.59. The van der Waals surface area contributed by atoms with Crippen molar-refractivity contribution in [2.24, 2.45) is 0 Å². The fraction of sp³-hybridized carbons (Fsp3) is 0.148. The van der Waals surface area contributed by atoms with Gasteiger partial charge in [-0.25, -0.2) is 4.98 Å². The molecule has 0 radical (unpaired) electrons. The average molecular weight is 494 g/mol. The molecule has 4 rings (SSSR count). The Morgan fingerprint density at radius 2 is 1.56 bits per heavy atom. The number of rotatable bonds is 9. The molecule has 3 aromatic carbocycles. The Labute approximate surface area is 208 Å². The average Bonchev–Trinajstić information content (AvgIpc) is 3.36. The first-order valence-corrected chi connectivity index (χ1v) is 11.8. The molecule has 0 aliphatic heterocycles. The van der Waals surface area contributed by atoms with Crippen LogP contribution in [0.1, 0.15) is 16.1 Å². The highest BCUT2D eigenvalue weighted by Crippen LogP contribution is 2.33. The highest BCUT2D eigenvalue weighted by Gasteiger charge is 2.10. The van der Waals surface area contributed by atoms with Crippen LogP contribution >= 0.6 is 22.9 Å². The van der Waals surface area contributed by atoms with E-state index in [4.69, 9.17) is 35.5 Å². The van der Waals surface area contributed by atoms with E-state index < -0.39 is 0 Å². The van der Waals surface area contributed by atoms with E-state index >= 15 is 0 Å². The second-order valence-corrected chi connectivity index (χ2v) is 8.56. The van der Waals surface area contributed by atoms with Crippen LogP contribution in [0.4, 0.5) is 0 Å². The lowest BCUT2D eigenvalue weighted by atomic mass is 10.1. The van der Waals surface area contributed by atoms with Crippen LogP contribution in [-0.2, 0) is 6.61 Å². The van der Waals surface area contributed by atoms with Gasteiger partial charge in [0.15, 0.2) is 23.0 Å². The minimum Gasteiger partial charge on any atom is -0.493 e.